The number of nitrogens with one attached hydrogen (secondary N) is 1. The van der Waals surface area contributed by atoms with Crippen LogP contribution < -0.4 is 5.32 Å². The molecule has 30 heavy (non-hydrogen) atoms. The van der Waals surface area contributed by atoms with Gasteiger partial charge in [0.1, 0.15) is 5.00 Å². The average molecular weight is 420 g/mol. The second-order valence-electron chi connectivity index (χ2n) is 8.33. The zero-order valence-corrected chi connectivity index (χ0v) is 18.6. The maximum Gasteiger partial charge on any atom is 0.322 e. The molecule has 0 fully saturated rings. The van der Waals surface area contributed by atoms with E-state index in [1.807, 2.05) is 28.4 Å². The molecule has 0 saturated heterocycles. The molecule has 2 aliphatic rings. The number of hydrogen-bond donors (Lipinski definition) is 1. The predicted octanol–water partition coefficient (Wildman–Crippen LogP) is 6.48. The number of urea groups is 1. The van der Waals surface area contributed by atoms with Crippen LogP contribution in [0.1, 0.15) is 66.4 Å². The van der Waals surface area contributed by atoms with Crippen LogP contribution in [0.15, 0.2) is 42.6 Å². The molecular formula is C25H29N3OS. The van der Waals surface area contributed by atoms with Crippen molar-refractivity contribution >= 4 is 23.1 Å². The van der Waals surface area contributed by atoms with Crippen molar-refractivity contribution in [1.29, 1.82) is 0 Å². The minimum absolute atomic E-state index is 0.0116. The Morgan fingerprint density at radius 1 is 1.10 bits per heavy atom. The normalized spacial score (nSPS) is 17.7. The summed E-state index contributed by atoms with van der Waals surface area (Å²) in [6.07, 6.45) is 8.91. The summed E-state index contributed by atoms with van der Waals surface area (Å²) in [5, 5.41) is 4.48. The molecule has 0 bridgehead atoms. The van der Waals surface area contributed by atoms with Gasteiger partial charge >= 0.3 is 6.03 Å². The van der Waals surface area contributed by atoms with E-state index in [2.05, 4.69) is 54.2 Å². The number of fused-ring (bicyclic) bond motifs is 5. The first-order valence-electron chi connectivity index (χ1n) is 11.2. The van der Waals surface area contributed by atoms with E-state index in [-0.39, 0.29) is 12.1 Å². The molecule has 1 N–H and O–H groups in total. The molecule has 0 unspecified atom stereocenters. The number of aromatic nitrogens is 1. The van der Waals surface area contributed by atoms with Crippen molar-refractivity contribution in [3.8, 4) is 5.00 Å². The van der Waals surface area contributed by atoms with Crippen LogP contribution in [0.3, 0.4) is 0 Å². The Labute approximate surface area is 182 Å². The van der Waals surface area contributed by atoms with E-state index in [9.17, 15) is 4.79 Å². The number of carbonyl (C=O) groups is 1. The highest BCUT2D eigenvalue weighted by atomic mass is 32.1. The number of anilines is 1. The number of carbonyl (C=O) groups excluding carboxylic acids is 1. The molecule has 1 aliphatic carbocycles. The summed E-state index contributed by atoms with van der Waals surface area (Å²) >= 11 is 1.94. The lowest BCUT2D eigenvalue weighted by Gasteiger charge is -2.30. The Hall–Kier alpha value is -2.53. The first-order chi connectivity index (χ1) is 14.7. The van der Waals surface area contributed by atoms with Crippen molar-refractivity contribution in [2.75, 3.05) is 5.32 Å². The molecule has 1 atom stereocenters. The molecule has 2 amide bonds. The van der Waals surface area contributed by atoms with Gasteiger partial charge in [-0.1, -0.05) is 26.0 Å². The molecule has 0 radical (unpaired) electrons. The maximum absolute atomic E-state index is 13.5. The third-order valence-corrected chi connectivity index (χ3v) is 7.90. The Bertz CT molecular complexity index is 1060. The lowest BCUT2D eigenvalue weighted by atomic mass is 9.95. The van der Waals surface area contributed by atoms with Crippen molar-refractivity contribution in [2.24, 2.45) is 0 Å². The van der Waals surface area contributed by atoms with E-state index in [0.29, 0.717) is 6.54 Å². The van der Waals surface area contributed by atoms with Crippen molar-refractivity contribution < 1.29 is 4.79 Å². The van der Waals surface area contributed by atoms with Crippen LogP contribution in [0.2, 0.25) is 0 Å². The number of hydrogen-bond acceptors (Lipinski definition) is 2. The SMILES string of the molecule is CCc1ccc(NC(=O)N2Cc3c(sc4c3CCCC4)-n3cccc3[C@@H]2CC)cc1. The summed E-state index contributed by atoms with van der Waals surface area (Å²) in [7, 11) is 0. The van der Waals surface area contributed by atoms with Crippen LogP contribution in [-0.4, -0.2) is 15.5 Å². The highest BCUT2D eigenvalue weighted by Crippen LogP contribution is 2.43. The van der Waals surface area contributed by atoms with Crippen LogP contribution in [-0.2, 0) is 25.8 Å². The van der Waals surface area contributed by atoms with E-state index < -0.39 is 0 Å². The number of nitrogens with zero attached hydrogens (tertiary/aromatic N) is 2. The number of rotatable bonds is 3. The molecule has 0 saturated carbocycles. The number of amides is 2. The van der Waals surface area contributed by atoms with E-state index in [1.165, 1.54) is 51.5 Å². The van der Waals surface area contributed by atoms with Gasteiger partial charge in [-0.25, -0.2) is 4.79 Å². The van der Waals surface area contributed by atoms with Gasteiger partial charge in [-0.2, -0.15) is 0 Å². The highest BCUT2D eigenvalue weighted by Gasteiger charge is 2.34. The van der Waals surface area contributed by atoms with Crippen molar-refractivity contribution in [3.63, 3.8) is 0 Å². The zero-order valence-electron chi connectivity index (χ0n) is 17.8. The smallest absolute Gasteiger partial charge is 0.312 e. The Kier molecular flexibility index (Phi) is 5.15. The molecule has 4 nitrogen and oxygen atoms in total. The fourth-order valence-corrected chi connectivity index (χ4v) is 6.33. The largest absolute Gasteiger partial charge is 0.322 e. The third-order valence-electron chi connectivity index (χ3n) is 6.57. The predicted molar refractivity (Wildman–Crippen MR) is 124 cm³/mol. The van der Waals surface area contributed by atoms with Crippen LogP contribution in [0, 0.1) is 0 Å². The van der Waals surface area contributed by atoms with E-state index in [0.717, 1.165) is 24.9 Å². The summed E-state index contributed by atoms with van der Waals surface area (Å²) in [6, 6.07) is 12.5. The zero-order chi connectivity index (χ0) is 20.7. The first kappa shape index (κ1) is 19.4. The van der Waals surface area contributed by atoms with Crippen LogP contribution in [0.25, 0.3) is 5.00 Å². The summed E-state index contributed by atoms with van der Waals surface area (Å²) in [4.78, 5) is 17.1. The minimum atomic E-state index is -0.0116. The summed E-state index contributed by atoms with van der Waals surface area (Å²) in [6.45, 7) is 5.00. The number of thiophene rings is 1. The van der Waals surface area contributed by atoms with Gasteiger partial charge in [0, 0.05) is 28.0 Å². The summed E-state index contributed by atoms with van der Waals surface area (Å²) in [5.41, 5.74) is 6.22. The maximum atomic E-state index is 13.5. The molecule has 1 aliphatic heterocycles. The fourth-order valence-electron chi connectivity index (χ4n) is 4.93. The van der Waals surface area contributed by atoms with Crippen LogP contribution >= 0.6 is 11.3 Å². The van der Waals surface area contributed by atoms with Crippen LogP contribution in [0.5, 0.6) is 0 Å². The Morgan fingerprint density at radius 2 is 1.90 bits per heavy atom. The lowest BCUT2D eigenvalue weighted by Crippen LogP contribution is -2.37. The Morgan fingerprint density at radius 3 is 2.67 bits per heavy atom. The van der Waals surface area contributed by atoms with Crippen molar-refractivity contribution in [3.05, 3.63) is 69.9 Å². The molecule has 3 heterocycles. The van der Waals surface area contributed by atoms with Crippen LogP contribution in [0.4, 0.5) is 10.5 Å². The lowest BCUT2D eigenvalue weighted by molar-refractivity contribution is 0.181. The van der Waals surface area contributed by atoms with Crippen molar-refractivity contribution in [2.45, 2.75) is 65.0 Å². The topological polar surface area (TPSA) is 37.3 Å². The monoisotopic (exact) mass is 419 g/mol. The van der Waals surface area contributed by atoms with Gasteiger partial charge in [-0.15, -0.1) is 11.3 Å². The quantitative estimate of drug-likeness (QED) is 0.518. The second-order valence-corrected chi connectivity index (χ2v) is 9.41. The molecule has 0 spiro atoms. The summed E-state index contributed by atoms with van der Waals surface area (Å²) in [5.74, 6) is 0. The number of aryl methyl sites for hydroxylation is 2. The summed E-state index contributed by atoms with van der Waals surface area (Å²) < 4.78 is 2.34. The molecular weight excluding hydrogens is 390 g/mol. The van der Waals surface area contributed by atoms with E-state index in [1.54, 1.807) is 0 Å². The van der Waals surface area contributed by atoms with E-state index >= 15 is 0 Å². The van der Waals surface area contributed by atoms with Gasteiger partial charge < -0.3 is 14.8 Å². The van der Waals surface area contributed by atoms with Gasteiger partial charge in [-0.3, -0.25) is 0 Å². The Balaban J connectivity index is 1.53. The average Bonchev–Trinajstić information content (AvgIpc) is 3.36. The van der Waals surface area contributed by atoms with E-state index in [4.69, 9.17) is 0 Å². The molecule has 5 heteroatoms. The minimum Gasteiger partial charge on any atom is -0.312 e. The molecule has 156 valence electrons. The van der Waals surface area contributed by atoms with Gasteiger partial charge in [0.25, 0.3) is 0 Å². The molecule has 3 aromatic rings. The third kappa shape index (κ3) is 3.25. The molecule has 2 aromatic heterocycles. The second kappa shape index (κ2) is 7.95. The number of benzene rings is 1. The first-order valence-corrected chi connectivity index (χ1v) is 12.0. The standard InChI is InChI=1S/C25H29N3OS/c1-3-17-11-13-18(14-12-17)26-25(29)28-16-20-19-8-5-6-10-23(19)30-24(20)27-15-7-9-22(27)21(28)4-2/h7,9,11-15,21H,3-6,8,10,16H2,1-2H3,(H,26,29)/t21-/m0/s1. The highest BCUT2D eigenvalue weighted by molar-refractivity contribution is 7.15. The molecule has 1 aromatic carbocycles. The van der Waals surface area contributed by atoms with Gasteiger partial charge in [-0.05, 0) is 73.9 Å². The molecule has 5 rings (SSSR count). The van der Waals surface area contributed by atoms with Gasteiger partial charge in [0.15, 0.2) is 0 Å². The fraction of sp³-hybridized carbons (Fsp3) is 0.400. The van der Waals surface area contributed by atoms with Crippen molar-refractivity contribution in [1.82, 2.24) is 9.47 Å². The van der Waals surface area contributed by atoms with Gasteiger partial charge in [0.2, 0.25) is 0 Å². The van der Waals surface area contributed by atoms with Gasteiger partial charge in [0.05, 0.1) is 12.6 Å².